The van der Waals surface area contributed by atoms with E-state index in [4.69, 9.17) is 0 Å². The average molecular weight is 304 g/mol. The maximum Gasteiger partial charge on any atom is 0.220 e. The molecule has 0 fully saturated rings. The standard InChI is InChI=1S/C22H26N/c1-14(2)18-9-10-19-12-17(5)23(6)22(21(19)13-18)20-11-15(3)7-8-16(20)4/h7-14H,1-6H3/q+1. The molecule has 0 bridgehead atoms. The Balaban J connectivity index is 2.43. The summed E-state index contributed by atoms with van der Waals surface area (Å²) in [6.07, 6.45) is 0. The van der Waals surface area contributed by atoms with E-state index in [9.17, 15) is 0 Å². The van der Waals surface area contributed by atoms with Crippen molar-refractivity contribution in [2.24, 2.45) is 7.05 Å². The van der Waals surface area contributed by atoms with Gasteiger partial charge in [0.2, 0.25) is 5.69 Å². The summed E-state index contributed by atoms with van der Waals surface area (Å²) in [7, 11) is 2.17. The lowest BCUT2D eigenvalue weighted by atomic mass is 9.94. The summed E-state index contributed by atoms with van der Waals surface area (Å²) in [5.41, 5.74) is 7.97. The third-order valence-corrected chi connectivity index (χ3v) is 4.88. The first kappa shape index (κ1) is 15.7. The molecule has 0 spiro atoms. The third-order valence-electron chi connectivity index (χ3n) is 4.88. The van der Waals surface area contributed by atoms with Crippen LogP contribution in [0.4, 0.5) is 0 Å². The molecule has 1 heteroatoms. The lowest BCUT2D eigenvalue weighted by Crippen LogP contribution is -2.35. The Morgan fingerprint density at radius 1 is 0.870 bits per heavy atom. The normalized spacial score (nSPS) is 11.4. The van der Waals surface area contributed by atoms with Crippen molar-refractivity contribution < 1.29 is 4.57 Å². The van der Waals surface area contributed by atoms with Crippen LogP contribution in [-0.4, -0.2) is 0 Å². The van der Waals surface area contributed by atoms with E-state index in [2.05, 4.69) is 88.7 Å². The molecule has 0 radical (unpaired) electrons. The maximum atomic E-state index is 2.37. The highest BCUT2D eigenvalue weighted by Crippen LogP contribution is 2.31. The van der Waals surface area contributed by atoms with Gasteiger partial charge in [-0.1, -0.05) is 43.7 Å². The fraction of sp³-hybridized carbons (Fsp3) is 0.318. The average Bonchev–Trinajstić information content (AvgIpc) is 2.51. The lowest BCUT2D eigenvalue weighted by molar-refractivity contribution is -0.665. The third kappa shape index (κ3) is 2.76. The SMILES string of the molecule is Cc1ccc(C)c(-c2c3cc(C(C)C)ccc3cc(C)[n+]2C)c1. The summed E-state index contributed by atoms with van der Waals surface area (Å²) in [6, 6.07) is 15.9. The Morgan fingerprint density at radius 3 is 2.30 bits per heavy atom. The van der Waals surface area contributed by atoms with Crippen LogP contribution in [0.1, 0.15) is 42.1 Å². The number of nitrogens with zero attached hydrogens (tertiary/aromatic N) is 1. The quantitative estimate of drug-likeness (QED) is 0.560. The van der Waals surface area contributed by atoms with E-state index in [1.54, 1.807) is 0 Å². The molecule has 0 aliphatic carbocycles. The number of aromatic nitrogens is 1. The molecule has 1 heterocycles. The largest absolute Gasteiger partial charge is 0.220 e. The van der Waals surface area contributed by atoms with Gasteiger partial charge < -0.3 is 0 Å². The summed E-state index contributed by atoms with van der Waals surface area (Å²) in [5.74, 6) is 0.539. The second-order valence-corrected chi connectivity index (χ2v) is 7.01. The van der Waals surface area contributed by atoms with E-state index < -0.39 is 0 Å². The van der Waals surface area contributed by atoms with E-state index in [-0.39, 0.29) is 0 Å². The van der Waals surface area contributed by atoms with Crippen LogP contribution in [0.3, 0.4) is 0 Å². The number of pyridine rings is 1. The van der Waals surface area contributed by atoms with Crippen LogP contribution >= 0.6 is 0 Å². The predicted molar refractivity (Wildman–Crippen MR) is 98.9 cm³/mol. The number of hydrogen-bond acceptors (Lipinski definition) is 0. The van der Waals surface area contributed by atoms with Crippen LogP contribution in [0.15, 0.2) is 42.5 Å². The molecule has 0 aliphatic rings. The minimum Gasteiger partial charge on any atom is -0.198 e. The van der Waals surface area contributed by atoms with Gasteiger partial charge in [-0.25, -0.2) is 0 Å². The van der Waals surface area contributed by atoms with E-state index >= 15 is 0 Å². The molecule has 0 amide bonds. The van der Waals surface area contributed by atoms with Crippen molar-refractivity contribution in [2.75, 3.05) is 0 Å². The summed E-state index contributed by atoms with van der Waals surface area (Å²) in [4.78, 5) is 0. The molecule has 1 aromatic heterocycles. The van der Waals surface area contributed by atoms with Crippen molar-refractivity contribution in [2.45, 2.75) is 40.5 Å². The molecular weight excluding hydrogens is 278 g/mol. The molecular formula is C22H26N+. The molecule has 23 heavy (non-hydrogen) atoms. The van der Waals surface area contributed by atoms with Gasteiger partial charge in [0.15, 0.2) is 5.69 Å². The second-order valence-electron chi connectivity index (χ2n) is 7.01. The lowest BCUT2D eigenvalue weighted by Gasteiger charge is -2.13. The van der Waals surface area contributed by atoms with E-state index in [1.165, 1.54) is 44.4 Å². The summed E-state index contributed by atoms with van der Waals surface area (Å²) in [5, 5.41) is 2.67. The Kier molecular flexibility index (Phi) is 3.97. The molecule has 3 aromatic rings. The molecule has 118 valence electrons. The van der Waals surface area contributed by atoms with Crippen molar-refractivity contribution in [1.82, 2.24) is 0 Å². The molecule has 3 rings (SSSR count). The Hall–Kier alpha value is -2.15. The van der Waals surface area contributed by atoms with Gasteiger partial charge in [-0.15, -0.1) is 0 Å². The van der Waals surface area contributed by atoms with Crippen molar-refractivity contribution in [3.63, 3.8) is 0 Å². The summed E-state index contributed by atoms with van der Waals surface area (Å²) in [6.45, 7) is 11.1. The fourth-order valence-electron chi connectivity index (χ4n) is 3.26. The van der Waals surface area contributed by atoms with Crippen molar-refractivity contribution >= 4 is 10.8 Å². The van der Waals surface area contributed by atoms with E-state index in [0.29, 0.717) is 5.92 Å². The van der Waals surface area contributed by atoms with Crippen LogP contribution in [0.25, 0.3) is 22.0 Å². The minimum absolute atomic E-state index is 0.539. The predicted octanol–water partition coefficient (Wildman–Crippen LogP) is 5.38. The first-order valence-corrected chi connectivity index (χ1v) is 8.39. The molecule has 0 saturated heterocycles. The Morgan fingerprint density at radius 2 is 1.61 bits per heavy atom. The number of benzene rings is 2. The van der Waals surface area contributed by atoms with Gasteiger partial charge in [0.05, 0.1) is 5.39 Å². The molecule has 1 nitrogen and oxygen atoms in total. The minimum atomic E-state index is 0.539. The van der Waals surface area contributed by atoms with Gasteiger partial charge >= 0.3 is 0 Å². The zero-order chi connectivity index (χ0) is 16.7. The smallest absolute Gasteiger partial charge is 0.198 e. The van der Waals surface area contributed by atoms with E-state index in [1.807, 2.05) is 0 Å². The van der Waals surface area contributed by atoms with Crippen LogP contribution in [0, 0.1) is 20.8 Å². The van der Waals surface area contributed by atoms with Gasteiger partial charge in [0, 0.05) is 18.6 Å². The summed E-state index contributed by atoms with van der Waals surface area (Å²) >= 11 is 0. The number of fused-ring (bicyclic) bond motifs is 1. The van der Waals surface area contributed by atoms with Crippen molar-refractivity contribution in [3.05, 3.63) is 64.8 Å². The molecule has 0 atom stereocenters. The van der Waals surface area contributed by atoms with Gasteiger partial charge in [-0.2, -0.15) is 4.57 Å². The first-order chi connectivity index (χ1) is 10.9. The fourth-order valence-corrected chi connectivity index (χ4v) is 3.26. The topological polar surface area (TPSA) is 3.88 Å². The van der Waals surface area contributed by atoms with Gasteiger partial charge in [-0.3, -0.25) is 0 Å². The van der Waals surface area contributed by atoms with Gasteiger partial charge in [0.1, 0.15) is 7.05 Å². The van der Waals surface area contributed by atoms with E-state index in [0.717, 1.165) is 0 Å². The zero-order valence-corrected chi connectivity index (χ0v) is 15.1. The molecule has 0 unspecified atom stereocenters. The number of hydrogen-bond donors (Lipinski definition) is 0. The number of aryl methyl sites for hydroxylation is 3. The highest BCUT2D eigenvalue weighted by molar-refractivity contribution is 5.94. The van der Waals surface area contributed by atoms with Crippen molar-refractivity contribution in [1.29, 1.82) is 0 Å². The number of rotatable bonds is 2. The molecule has 2 aromatic carbocycles. The van der Waals surface area contributed by atoms with Crippen LogP contribution in [0.5, 0.6) is 0 Å². The van der Waals surface area contributed by atoms with Gasteiger partial charge in [-0.05, 0) is 48.4 Å². The van der Waals surface area contributed by atoms with Crippen LogP contribution in [0.2, 0.25) is 0 Å². The Bertz CT molecular complexity index is 888. The zero-order valence-electron chi connectivity index (χ0n) is 15.1. The monoisotopic (exact) mass is 304 g/mol. The Labute approximate surface area is 139 Å². The molecule has 0 N–H and O–H groups in total. The highest BCUT2D eigenvalue weighted by Gasteiger charge is 2.20. The van der Waals surface area contributed by atoms with Gasteiger partial charge in [0.25, 0.3) is 0 Å². The molecule has 0 aliphatic heterocycles. The first-order valence-electron chi connectivity index (χ1n) is 8.39. The van der Waals surface area contributed by atoms with Crippen LogP contribution < -0.4 is 4.57 Å². The van der Waals surface area contributed by atoms with Crippen LogP contribution in [-0.2, 0) is 7.05 Å². The summed E-state index contributed by atoms with van der Waals surface area (Å²) < 4.78 is 2.33. The second kappa shape index (κ2) is 5.81. The maximum absolute atomic E-state index is 2.37. The van der Waals surface area contributed by atoms with Crippen molar-refractivity contribution in [3.8, 4) is 11.3 Å². The highest BCUT2D eigenvalue weighted by atomic mass is 14.9. The molecule has 0 saturated carbocycles.